The highest BCUT2D eigenvalue weighted by Crippen LogP contribution is 2.31. The van der Waals surface area contributed by atoms with E-state index in [2.05, 4.69) is 24.1 Å². The zero-order valence-electron chi connectivity index (χ0n) is 16.1. The van der Waals surface area contributed by atoms with E-state index in [4.69, 9.17) is 0 Å². The molecule has 2 aliphatic rings. The van der Waals surface area contributed by atoms with Gasteiger partial charge in [0.1, 0.15) is 0 Å². The van der Waals surface area contributed by atoms with Gasteiger partial charge in [0.25, 0.3) is 5.91 Å². The number of aryl methyl sites for hydroxylation is 2. The predicted molar refractivity (Wildman–Crippen MR) is 110 cm³/mol. The van der Waals surface area contributed by atoms with Gasteiger partial charge in [-0.25, -0.2) is 13.4 Å². The molecule has 4 rings (SSSR count). The number of sulfonamides is 1. The van der Waals surface area contributed by atoms with Crippen molar-refractivity contribution in [1.82, 2.24) is 9.29 Å². The lowest BCUT2D eigenvalue weighted by Crippen LogP contribution is -2.42. The molecule has 28 heavy (non-hydrogen) atoms. The fraction of sp³-hybridized carbons (Fsp3) is 0.500. The van der Waals surface area contributed by atoms with Crippen LogP contribution in [0.15, 0.2) is 29.2 Å². The number of carbonyl (C=O) groups excluding carboxylic acids is 1. The Bertz CT molecular complexity index is 968. The van der Waals surface area contributed by atoms with Gasteiger partial charge in [0.15, 0.2) is 5.13 Å². The van der Waals surface area contributed by atoms with Crippen LogP contribution in [0.3, 0.4) is 0 Å². The van der Waals surface area contributed by atoms with Crippen LogP contribution in [-0.4, -0.2) is 36.7 Å². The van der Waals surface area contributed by atoms with Gasteiger partial charge in [0.05, 0.1) is 10.6 Å². The quantitative estimate of drug-likeness (QED) is 0.822. The van der Waals surface area contributed by atoms with Gasteiger partial charge >= 0.3 is 0 Å². The summed E-state index contributed by atoms with van der Waals surface area (Å²) in [7, 11) is -3.61. The molecule has 1 aromatic heterocycles. The van der Waals surface area contributed by atoms with Crippen molar-refractivity contribution >= 4 is 32.4 Å². The van der Waals surface area contributed by atoms with Crippen molar-refractivity contribution in [3.8, 4) is 0 Å². The maximum Gasteiger partial charge on any atom is 0.257 e. The highest BCUT2D eigenvalue weighted by atomic mass is 32.2. The molecule has 1 saturated heterocycles. The zero-order valence-corrected chi connectivity index (χ0v) is 17.8. The van der Waals surface area contributed by atoms with E-state index in [1.54, 1.807) is 22.5 Å². The molecule has 2 atom stereocenters. The molecule has 0 saturated carbocycles. The molecule has 150 valence electrons. The largest absolute Gasteiger partial charge is 0.298 e. The van der Waals surface area contributed by atoms with E-state index in [-0.39, 0.29) is 10.8 Å². The summed E-state index contributed by atoms with van der Waals surface area (Å²) in [4.78, 5) is 18.5. The Kier molecular flexibility index (Phi) is 5.28. The highest BCUT2D eigenvalue weighted by molar-refractivity contribution is 7.89. The first-order valence-electron chi connectivity index (χ1n) is 9.73. The summed E-state index contributed by atoms with van der Waals surface area (Å²) in [6.45, 7) is 5.20. The molecule has 6 nitrogen and oxygen atoms in total. The first kappa shape index (κ1) is 19.5. The van der Waals surface area contributed by atoms with Crippen molar-refractivity contribution in [1.29, 1.82) is 0 Å². The van der Waals surface area contributed by atoms with Crippen molar-refractivity contribution in [2.24, 2.45) is 11.8 Å². The third kappa shape index (κ3) is 3.86. The summed E-state index contributed by atoms with van der Waals surface area (Å²) in [6.07, 6.45) is 4.13. The average molecular weight is 420 g/mol. The Morgan fingerprint density at radius 2 is 1.96 bits per heavy atom. The number of amides is 1. The third-order valence-corrected chi connectivity index (χ3v) is 8.29. The molecule has 1 aliphatic heterocycles. The van der Waals surface area contributed by atoms with Gasteiger partial charge in [-0.2, -0.15) is 4.31 Å². The fourth-order valence-corrected chi connectivity index (χ4v) is 6.93. The van der Waals surface area contributed by atoms with Gasteiger partial charge in [0.2, 0.25) is 10.0 Å². The molecule has 1 N–H and O–H groups in total. The van der Waals surface area contributed by atoms with Gasteiger partial charge < -0.3 is 0 Å². The minimum absolute atomic E-state index is 0.170. The topological polar surface area (TPSA) is 79.4 Å². The summed E-state index contributed by atoms with van der Waals surface area (Å²) >= 11 is 1.51. The van der Waals surface area contributed by atoms with Gasteiger partial charge in [-0.3, -0.25) is 10.1 Å². The number of anilines is 1. The number of thiazole rings is 1. The molecular weight excluding hydrogens is 394 g/mol. The van der Waals surface area contributed by atoms with E-state index in [0.29, 0.717) is 35.6 Å². The SMILES string of the molecule is C[C@@H]1C[C@@H](C)CN(S(=O)(=O)c2cccc(C(=O)Nc3nc4c(s3)CCC4)c2)C1. The number of nitrogens with zero attached hydrogens (tertiary/aromatic N) is 2. The van der Waals surface area contributed by atoms with Crippen LogP contribution >= 0.6 is 11.3 Å². The van der Waals surface area contributed by atoms with Gasteiger partial charge in [-0.1, -0.05) is 19.9 Å². The monoisotopic (exact) mass is 419 g/mol. The van der Waals surface area contributed by atoms with Crippen LogP contribution in [0.5, 0.6) is 0 Å². The Balaban J connectivity index is 1.54. The minimum Gasteiger partial charge on any atom is -0.298 e. The van der Waals surface area contributed by atoms with E-state index in [1.807, 2.05) is 0 Å². The lowest BCUT2D eigenvalue weighted by Gasteiger charge is -2.34. The second-order valence-corrected chi connectivity index (χ2v) is 11.0. The number of piperidine rings is 1. The van der Waals surface area contributed by atoms with Crippen LogP contribution in [0.25, 0.3) is 0 Å². The molecule has 1 aliphatic carbocycles. The second-order valence-electron chi connectivity index (χ2n) is 7.99. The highest BCUT2D eigenvalue weighted by Gasteiger charge is 2.32. The Morgan fingerprint density at radius 3 is 2.68 bits per heavy atom. The zero-order chi connectivity index (χ0) is 19.9. The smallest absolute Gasteiger partial charge is 0.257 e. The molecule has 0 spiro atoms. The van der Waals surface area contributed by atoms with Crippen LogP contribution in [0, 0.1) is 11.8 Å². The van der Waals surface area contributed by atoms with Crippen LogP contribution in [0.4, 0.5) is 5.13 Å². The number of hydrogen-bond donors (Lipinski definition) is 1. The molecule has 1 aromatic carbocycles. The summed E-state index contributed by atoms with van der Waals surface area (Å²) in [6, 6.07) is 6.29. The number of benzene rings is 1. The van der Waals surface area contributed by atoms with Crippen molar-refractivity contribution in [3.05, 3.63) is 40.4 Å². The lowest BCUT2D eigenvalue weighted by molar-refractivity contribution is 0.102. The summed E-state index contributed by atoms with van der Waals surface area (Å²) < 4.78 is 27.7. The molecule has 0 unspecified atom stereocenters. The number of aromatic nitrogens is 1. The van der Waals surface area contributed by atoms with E-state index in [0.717, 1.165) is 31.4 Å². The molecular formula is C20H25N3O3S2. The second kappa shape index (κ2) is 7.57. The van der Waals surface area contributed by atoms with Crippen LogP contribution in [0.1, 0.15) is 47.6 Å². The van der Waals surface area contributed by atoms with Crippen LogP contribution in [0.2, 0.25) is 0 Å². The van der Waals surface area contributed by atoms with Gasteiger partial charge in [-0.05, 0) is 55.7 Å². The number of rotatable bonds is 4. The Hall–Kier alpha value is -1.77. The maximum atomic E-state index is 13.1. The Labute approximate surface area is 170 Å². The van der Waals surface area contributed by atoms with Crippen molar-refractivity contribution in [3.63, 3.8) is 0 Å². The molecule has 1 fully saturated rings. The number of fused-ring (bicyclic) bond motifs is 1. The van der Waals surface area contributed by atoms with Crippen molar-refractivity contribution < 1.29 is 13.2 Å². The number of hydrogen-bond acceptors (Lipinski definition) is 5. The average Bonchev–Trinajstić information content (AvgIpc) is 3.22. The maximum absolute atomic E-state index is 13.1. The fourth-order valence-electron chi connectivity index (χ4n) is 4.16. The van der Waals surface area contributed by atoms with E-state index >= 15 is 0 Å². The van der Waals surface area contributed by atoms with Crippen LogP contribution in [-0.2, 0) is 22.9 Å². The standard InChI is InChI=1S/C20H25N3O3S2/c1-13-9-14(2)12-23(11-13)28(25,26)16-6-3-5-15(10-16)19(24)22-20-21-17-7-4-8-18(17)27-20/h3,5-6,10,13-14H,4,7-9,11-12H2,1-2H3,(H,21,22,24)/t13-,14-/m1/s1. The third-order valence-electron chi connectivity index (χ3n) is 5.39. The van der Waals surface area contributed by atoms with Gasteiger partial charge in [-0.15, -0.1) is 11.3 Å². The lowest BCUT2D eigenvalue weighted by atomic mass is 9.94. The first-order chi connectivity index (χ1) is 13.3. The normalized spacial score (nSPS) is 22.8. The van der Waals surface area contributed by atoms with Crippen LogP contribution < -0.4 is 5.32 Å². The Morgan fingerprint density at radius 1 is 1.21 bits per heavy atom. The first-order valence-corrected chi connectivity index (χ1v) is 12.0. The molecule has 0 bridgehead atoms. The predicted octanol–water partition coefficient (Wildman–Crippen LogP) is 3.55. The number of nitrogens with one attached hydrogen (secondary N) is 1. The molecule has 1 amide bonds. The molecule has 2 aromatic rings. The van der Waals surface area contributed by atoms with E-state index in [1.165, 1.54) is 22.3 Å². The summed E-state index contributed by atoms with van der Waals surface area (Å²) in [5.41, 5.74) is 1.40. The van der Waals surface area contributed by atoms with Crippen molar-refractivity contribution in [2.45, 2.75) is 44.4 Å². The van der Waals surface area contributed by atoms with E-state index < -0.39 is 10.0 Å². The minimum atomic E-state index is -3.61. The summed E-state index contributed by atoms with van der Waals surface area (Å²) in [5, 5.41) is 3.40. The van der Waals surface area contributed by atoms with Gasteiger partial charge in [0, 0.05) is 23.5 Å². The number of carbonyl (C=O) groups is 1. The summed E-state index contributed by atoms with van der Waals surface area (Å²) in [5.74, 6) is 0.332. The van der Waals surface area contributed by atoms with E-state index in [9.17, 15) is 13.2 Å². The molecule has 8 heteroatoms. The van der Waals surface area contributed by atoms with Crippen molar-refractivity contribution in [2.75, 3.05) is 18.4 Å². The molecule has 2 heterocycles. The molecule has 0 radical (unpaired) electrons.